The molecule has 0 spiro atoms. The first kappa shape index (κ1) is 13.9. The fraction of sp³-hybridized carbons (Fsp3) is 0.0769. The summed E-state index contributed by atoms with van der Waals surface area (Å²) in [5.41, 5.74) is 0.723. The Balaban J connectivity index is 2.24. The largest absolute Gasteiger partial charge is 0.416 e. The lowest BCUT2D eigenvalue weighted by Crippen LogP contribution is -2.05. The van der Waals surface area contributed by atoms with E-state index in [4.69, 9.17) is 5.84 Å². The lowest BCUT2D eigenvalue weighted by atomic mass is 10.2. The summed E-state index contributed by atoms with van der Waals surface area (Å²) in [6.07, 6.45) is -1.52. The van der Waals surface area contributed by atoms with Gasteiger partial charge in [-0.2, -0.15) is 18.3 Å². The minimum Gasteiger partial charge on any atom is -0.355 e. The highest BCUT2D eigenvalue weighted by atomic mass is 19.4. The molecule has 0 aliphatic carbocycles. The van der Waals surface area contributed by atoms with E-state index in [1.807, 2.05) is 0 Å². The van der Waals surface area contributed by atoms with Gasteiger partial charge in [-0.3, -0.25) is 4.98 Å². The summed E-state index contributed by atoms with van der Waals surface area (Å²) >= 11 is 0. The summed E-state index contributed by atoms with van der Waals surface area (Å²) in [4.78, 5) is 3.98. The summed E-state index contributed by atoms with van der Waals surface area (Å²) in [6.45, 7) is 0. The zero-order chi connectivity index (χ0) is 14.6. The van der Waals surface area contributed by atoms with E-state index in [1.54, 1.807) is 18.2 Å². The van der Waals surface area contributed by atoms with Crippen LogP contribution >= 0.6 is 0 Å². The molecule has 4 nitrogen and oxygen atoms in total. The molecule has 0 saturated carbocycles. The number of hydrogen-bond acceptors (Lipinski definition) is 4. The van der Waals surface area contributed by atoms with Crippen molar-refractivity contribution in [1.82, 2.24) is 4.98 Å². The molecule has 1 aromatic heterocycles. The van der Waals surface area contributed by atoms with Crippen LogP contribution in [0, 0.1) is 0 Å². The van der Waals surface area contributed by atoms with Gasteiger partial charge >= 0.3 is 6.18 Å². The summed E-state index contributed by atoms with van der Waals surface area (Å²) in [5.74, 6) is 5.01. The number of rotatable bonds is 3. The van der Waals surface area contributed by atoms with Gasteiger partial charge in [0.25, 0.3) is 0 Å². The van der Waals surface area contributed by atoms with Crippen molar-refractivity contribution in [3.63, 3.8) is 0 Å². The summed E-state index contributed by atoms with van der Waals surface area (Å²) in [6, 6.07) is 8.20. The maximum Gasteiger partial charge on any atom is 0.416 e. The van der Waals surface area contributed by atoms with Gasteiger partial charge in [-0.05, 0) is 30.3 Å². The molecule has 1 heterocycles. The topological polar surface area (TPSA) is 63.3 Å². The normalized spacial score (nSPS) is 11.8. The number of alkyl halides is 3. The highest BCUT2D eigenvalue weighted by Crippen LogP contribution is 2.31. The molecule has 0 fully saturated rings. The van der Waals surface area contributed by atoms with Gasteiger partial charge in [-0.25, -0.2) is 0 Å². The standard InChI is InChI=1S/C13H11F3N4/c14-13(15,16)9-2-1-3-10(6-9)20-11-4-5-18-12(7-11)8-19-17/h1-8H,17H2,(H,18,20)/b19-8-. The SMILES string of the molecule is N/N=C\c1cc(Nc2cccc(C(F)(F)F)c2)ccn1. The predicted molar refractivity (Wildman–Crippen MR) is 70.7 cm³/mol. The van der Waals surface area contributed by atoms with Crippen LogP contribution in [-0.4, -0.2) is 11.2 Å². The Hall–Kier alpha value is -2.57. The fourth-order valence-corrected chi connectivity index (χ4v) is 1.61. The zero-order valence-corrected chi connectivity index (χ0v) is 10.2. The molecule has 1 aromatic carbocycles. The molecule has 104 valence electrons. The average Bonchev–Trinajstić information content (AvgIpc) is 2.39. The van der Waals surface area contributed by atoms with Gasteiger partial charge in [0.2, 0.25) is 0 Å². The van der Waals surface area contributed by atoms with Crippen LogP contribution in [0.4, 0.5) is 24.5 Å². The van der Waals surface area contributed by atoms with E-state index < -0.39 is 11.7 Å². The van der Waals surface area contributed by atoms with Gasteiger partial charge in [0.15, 0.2) is 0 Å². The van der Waals surface area contributed by atoms with Crippen LogP contribution in [0.5, 0.6) is 0 Å². The number of hydrogen-bond donors (Lipinski definition) is 2. The van der Waals surface area contributed by atoms with Gasteiger partial charge in [-0.1, -0.05) is 6.07 Å². The quantitative estimate of drug-likeness (QED) is 0.516. The summed E-state index contributed by atoms with van der Waals surface area (Å²) in [7, 11) is 0. The van der Waals surface area contributed by atoms with E-state index in [0.717, 1.165) is 12.1 Å². The highest BCUT2D eigenvalue weighted by molar-refractivity contribution is 5.79. The maximum absolute atomic E-state index is 12.6. The molecule has 0 amide bonds. The molecule has 0 bridgehead atoms. The van der Waals surface area contributed by atoms with E-state index in [-0.39, 0.29) is 0 Å². The highest BCUT2D eigenvalue weighted by Gasteiger charge is 2.30. The molecule has 2 rings (SSSR count). The number of nitrogens with one attached hydrogen (secondary N) is 1. The second-order valence-corrected chi connectivity index (χ2v) is 3.95. The minimum atomic E-state index is -4.37. The smallest absolute Gasteiger partial charge is 0.355 e. The van der Waals surface area contributed by atoms with Crippen molar-refractivity contribution in [2.45, 2.75) is 6.18 Å². The van der Waals surface area contributed by atoms with Gasteiger partial charge < -0.3 is 11.2 Å². The molecule has 0 atom stereocenters. The molecular formula is C13H11F3N4. The maximum atomic E-state index is 12.6. The number of nitrogens with zero attached hydrogens (tertiary/aromatic N) is 2. The first-order chi connectivity index (χ1) is 9.49. The molecule has 20 heavy (non-hydrogen) atoms. The van der Waals surface area contributed by atoms with Crippen LogP contribution < -0.4 is 11.2 Å². The van der Waals surface area contributed by atoms with Crippen molar-refractivity contribution < 1.29 is 13.2 Å². The van der Waals surface area contributed by atoms with Crippen LogP contribution in [0.2, 0.25) is 0 Å². The van der Waals surface area contributed by atoms with Gasteiger partial charge in [0.05, 0.1) is 17.5 Å². The number of nitrogens with two attached hydrogens (primary N) is 1. The van der Waals surface area contributed by atoms with Crippen LogP contribution in [0.1, 0.15) is 11.3 Å². The van der Waals surface area contributed by atoms with Crippen LogP contribution in [0.3, 0.4) is 0 Å². The minimum absolute atomic E-state index is 0.335. The Morgan fingerprint density at radius 3 is 2.60 bits per heavy atom. The molecule has 2 aromatic rings. The van der Waals surface area contributed by atoms with Crippen molar-refractivity contribution in [2.75, 3.05) is 5.32 Å². The first-order valence-corrected chi connectivity index (χ1v) is 5.62. The molecule has 7 heteroatoms. The van der Waals surface area contributed by atoms with Crippen molar-refractivity contribution in [1.29, 1.82) is 0 Å². The molecule has 0 saturated heterocycles. The number of halogens is 3. The Bertz CT molecular complexity index is 623. The third kappa shape index (κ3) is 3.47. The van der Waals surface area contributed by atoms with Gasteiger partial charge in [0, 0.05) is 17.6 Å². The molecule has 3 N–H and O–H groups in total. The number of benzene rings is 1. The second-order valence-electron chi connectivity index (χ2n) is 3.95. The number of pyridine rings is 1. The van der Waals surface area contributed by atoms with Crippen molar-refractivity contribution in [3.8, 4) is 0 Å². The van der Waals surface area contributed by atoms with Crippen molar-refractivity contribution in [2.24, 2.45) is 10.9 Å². The second kappa shape index (κ2) is 5.60. The number of anilines is 2. The van der Waals surface area contributed by atoms with Crippen molar-refractivity contribution >= 4 is 17.6 Å². The van der Waals surface area contributed by atoms with Crippen LogP contribution in [0.15, 0.2) is 47.7 Å². The number of hydrazone groups is 1. The molecule has 0 radical (unpaired) electrons. The molecule has 0 aliphatic heterocycles. The fourth-order valence-electron chi connectivity index (χ4n) is 1.61. The summed E-state index contributed by atoms with van der Waals surface area (Å²) < 4.78 is 37.8. The van der Waals surface area contributed by atoms with E-state index in [0.29, 0.717) is 17.1 Å². The van der Waals surface area contributed by atoms with Crippen molar-refractivity contribution in [3.05, 3.63) is 53.9 Å². The van der Waals surface area contributed by atoms with E-state index in [2.05, 4.69) is 15.4 Å². The molecular weight excluding hydrogens is 269 g/mol. The van der Waals surface area contributed by atoms with E-state index in [9.17, 15) is 13.2 Å². The lowest BCUT2D eigenvalue weighted by Gasteiger charge is -2.10. The van der Waals surface area contributed by atoms with Gasteiger partial charge in [-0.15, -0.1) is 0 Å². The first-order valence-electron chi connectivity index (χ1n) is 5.62. The third-order valence-corrected chi connectivity index (χ3v) is 2.47. The van der Waals surface area contributed by atoms with Crippen LogP contribution in [-0.2, 0) is 6.18 Å². The van der Waals surface area contributed by atoms with Crippen LogP contribution in [0.25, 0.3) is 0 Å². The van der Waals surface area contributed by atoms with Gasteiger partial charge in [0.1, 0.15) is 0 Å². The Kier molecular flexibility index (Phi) is 3.88. The van der Waals surface area contributed by atoms with E-state index in [1.165, 1.54) is 18.5 Å². The Labute approximate surface area is 113 Å². The Morgan fingerprint density at radius 1 is 1.15 bits per heavy atom. The Morgan fingerprint density at radius 2 is 1.90 bits per heavy atom. The van der Waals surface area contributed by atoms with E-state index >= 15 is 0 Å². The zero-order valence-electron chi connectivity index (χ0n) is 10.2. The lowest BCUT2D eigenvalue weighted by molar-refractivity contribution is -0.137. The third-order valence-electron chi connectivity index (χ3n) is 2.47. The molecule has 0 aliphatic rings. The molecule has 0 unspecified atom stereocenters. The monoisotopic (exact) mass is 280 g/mol. The predicted octanol–water partition coefficient (Wildman–Crippen LogP) is 3.14. The number of aromatic nitrogens is 1. The summed E-state index contributed by atoms with van der Waals surface area (Å²) in [5, 5.41) is 6.21. The average molecular weight is 280 g/mol.